The molecule has 1 aromatic carbocycles. The fourth-order valence-electron chi connectivity index (χ4n) is 3.52. The number of carbonyl (C=O) groups is 2. The van der Waals surface area contributed by atoms with E-state index in [0.717, 1.165) is 23.5 Å². The smallest absolute Gasteiger partial charge is 0.310 e. The molecule has 0 N–H and O–H groups in total. The van der Waals surface area contributed by atoms with E-state index in [9.17, 15) is 9.59 Å². The first-order valence-corrected chi connectivity index (χ1v) is 9.95. The predicted octanol–water partition coefficient (Wildman–Crippen LogP) is 3.75. The number of thioether (sulfide) groups is 1. The average molecular weight is 360 g/mol. The third-order valence-electron chi connectivity index (χ3n) is 4.78. The van der Waals surface area contributed by atoms with E-state index in [4.69, 9.17) is 9.47 Å². The molecule has 25 heavy (non-hydrogen) atoms. The minimum atomic E-state index is -0.274. The summed E-state index contributed by atoms with van der Waals surface area (Å²) in [4.78, 5) is 24.7. The largest absolute Gasteiger partial charge is 0.462 e. The minimum Gasteiger partial charge on any atom is -0.462 e. The molecule has 3 rings (SSSR count). The van der Waals surface area contributed by atoms with Gasteiger partial charge in [-0.25, -0.2) is 0 Å². The zero-order valence-corrected chi connectivity index (χ0v) is 15.3. The molecule has 1 saturated heterocycles. The first-order chi connectivity index (χ1) is 12.1. The number of fused-ring (bicyclic) bond motifs is 1. The standard InChI is InChI=1S/C20H24O4S/c1-14-11-18(20(22)23-12-15-5-3-2-4-6-15)17-9-10-25-13-16(17)7-8-19(21)24-14/h2-7,14,17-18H,8-13H2,1H3/b16-7-/t14-,17-,18-/m1/s1. The van der Waals surface area contributed by atoms with Gasteiger partial charge < -0.3 is 9.47 Å². The first-order valence-electron chi connectivity index (χ1n) is 8.80. The maximum atomic E-state index is 12.8. The van der Waals surface area contributed by atoms with Crippen molar-refractivity contribution in [2.75, 3.05) is 11.5 Å². The molecule has 134 valence electrons. The maximum absolute atomic E-state index is 12.8. The average Bonchev–Trinajstić information content (AvgIpc) is 2.69. The van der Waals surface area contributed by atoms with E-state index in [1.165, 1.54) is 5.57 Å². The van der Waals surface area contributed by atoms with Crippen LogP contribution in [-0.2, 0) is 25.7 Å². The van der Waals surface area contributed by atoms with Crippen molar-refractivity contribution in [2.45, 2.75) is 38.9 Å². The molecule has 0 radical (unpaired) electrons. The SMILES string of the molecule is C[C@@H]1C[C@@H](C(=O)OCc2ccccc2)[C@@H]2CCSC/C2=C/CC(=O)O1. The normalized spacial score (nSPS) is 29.1. The van der Waals surface area contributed by atoms with Crippen molar-refractivity contribution in [1.29, 1.82) is 0 Å². The lowest BCUT2D eigenvalue weighted by atomic mass is 9.80. The summed E-state index contributed by atoms with van der Waals surface area (Å²) < 4.78 is 11.0. The molecule has 0 bridgehead atoms. The summed E-state index contributed by atoms with van der Waals surface area (Å²) in [6, 6.07) is 9.71. The highest BCUT2D eigenvalue weighted by Gasteiger charge is 2.36. The number of cyclic esters (lactones) is 1. The van der Waals surface area contributed by atoms with E-state index < -0.39 is 0 Å². The Morgan fingerprint density at radius 3 is 2.92 bits per heavy atom. The zero-order chi connectivity index (χ0) is 17.6. The first kappa shape index (κ1) is 18.1. The van der Waals surface area contributed by atoms with E-state index in [0.29, 0.717) is 12.8 Å². The molecule has 3 atom stereocenters. The highest BCUT2D eigenvalue weighted by Crippen LogP contribution is 2.37. The van der Waals surface area contributed by atoms with Gasteiger partial charge in [-0.15, -0.1) is 0 Å². The summed E-state index contributed by atoms with van der Waals surface area (Å²) in [5.41, 5.74) is 2.18. The van der Waals surface area contributed by atoms with Gasteiger partial charge in [0.15, 0.2) is 0 Å². The molecule has 1 aromatic rings. The Hall–Kier alpha value is -1.75. The Kier molecular flexibility index (Phi) is 6.19. The van der Waals surface area contributed by atoms with Crippen molar-refractivity contribution in [2.24, 2.45) is 11.8 Å². The van der Waals surface area contributed by atoms with Crippen LogP contribution in [0.2, 0.25) is 0 Å². The van der Waals surface area contributed by atoms with Crippen LogP contribution in [0, 0.1) is 11.8 Å². The van der Waals surface area contributed by atoms with Gasteiger partial charge >= 0.3 is 11.9 Å². The quantitative estimate of drug-likeness (QED) is 0.607. The highest BCUT2D eigenvalue weighted by molar-refractivity contribution is 7.99. The van der Waals surface area contributed by atoms with Gasteiger partial charge in [-0.2, -0.15) is 11.8 Å². The Morgan fingerprint density at radius 2 is 2.12 bits per heavy atom. The number of ether oxygens (including phenoxy) is 2. The molecular formula is C20H24O4S. The lowest BCUT2D eigenvalue weighted by Crippen LogP contribution is -2.33. The van der Waals surface area contributed by atoms with Crippen molar-refractivity contribution in [3.8, 4) is 0 Å². The molecule has 0 saturated carbocycles. The van der Waals surface area contributed by atoms with Crippen LogP contribution in [0.4, 0.5) is 0 Å². The van der Waals surface area contributed by atoms with Crippen molar-refractivity contribution < 1.29 is 19.1 Å². The third-order valence-corrected chi connectivity index (χ3v) is 5.84. The zero-order valence-electron chi connectivity index (χ0n) is 14.5. The molecule has 1 fully saturated rings. The van der Waals surface area contributed by atoms with Crippen LogP contribution in [0.25, 0.3) is 0 Å². The van der Waals surface area contributed by atoms with Gasteiger partial charge in [-0.3, -0.25) is 9.59 Å². The monoisotopic (exact) mass is 360 g/mol. The Labute approximate surface area is 153 Å². The lowest BCUT2D eigenvalue weighted by Gasteiger charge is -2.31. The highest BCUT2D eigenvalue weighted by atomic mass is 32.2. The second-order valence-electron chi connectivity index (χ2n) is 6.67. The molecule has 0 spiro atoms. The molecule has 0 amide bonds. The molecule has 0 aromatic heterocycles. The van der Waals surface area contributed by atoms with E-state index in [-0.39, 0.29) is 36.5 Å². The van der Waals surface area contributed by atoms with Crippen molar-refractivity contribution in [3.63, 3.8) is 0 Å². The summed E-state index contributed by atoms with van der Waals surface area (Å²) in [6.07, 6.45) is 3.45. The van der Waals surface area contributed by atoms with Crippen LogP contribution in [0.1, 0.15) is 31.7 Å². The van der Waals surface area contributed by atoms with Crippen LogP contribution in [-0.4, -0.2) is 29.5 Å². The fourth-order valence-corrected chi connectivity index (χ4v) is 4.65. The number of hydrogen-bond acceptors (Lipinski definition) is 5. The fraction of sp³-hybridized carbons (Fsp3) is 0.500. The maximum Gasteiger partial charge on any atom is 0.310 e. The topological polar surface area (TPSA) is 52.6 Å². The van der Waals surface area contributed by atoms with Gasteiger partial charge in [0.25, 0.3) is 0 Å². The van der Waals surface area contributed by atoms with Crippen molar-refractivity contribution in [1.82, 2.24) is 0 Å². The van der Waals surface area contributed by atoms with Crippen LogP contribution in [0.5, 0.6) is 0 Å². The van der Waals surface area contributed by atoms with Gasteiger partial charge in [0.05, 0.1) is 18.4 Å². The van der Waals surface area contributed by atoms with E-state index in [1.54, 1.807) is 0 Å². The number of benzene rings is 1. The van der Waals surface area contributed by atoms with E-state index in [1.807, 2.05) is 55.1 Å². The van der Waals surface area contributed by atoms with Gasteiger partial charge in [0.2, 0.25) is 0 Å². The summed E-state index contributed by atoms with van der Waals surface area (Å²) in [5, 5.41) is 0. The molecule has 0 unspecified atom stereocenters. The van der Waals surface area contributed by atoms with E-state index >= 15 is 0 Å². The summed E-state index contributed by atoms with van der Waals surface area (Å²) in [6.45, 7) is 2.14. The molecular weight excluding hydrogens is 336 g/mol. The number of esters is 2. The number of carbonyl (C=O) groups excluding carboxylic acids is 2. The van der Waals surface area contributed by atoms with Crippen LogP contribution in [0.3, 0.4) is 0 Å². The van der Waals surface area contributed by atoms with Crippen molar-refractivity contribution >= 4 is 23.7 Å². The second kappa shape index (κ2) is 8.56. The number of rotatable bonds is 3. The Bertz CT molecular complexity index is 640. The van der Waals surface area contributed by atoms with Gasteiger partial charge in [-0.1, -0.05) is 42.0 Å². The van der Waals surface area contributed by atoms with Gasteiger partial charge in [0, 0.05) is 5.75 Å². The molecule has 5 heteroatoms. The summed E-state index contributed by atoms with van der Waals surface area (Å²) >= 11 is 1.86. The summed E-state index contributed by atoms with van der Waals surface area (Å²) in [7, 11) is 0. The van der Waals surface area contributed by atoms with Gasteiger partial charge in [-0.05, 0) is 37.0 Å². The Balaban J connectivity index is 1.75. The molecule has 2 heterocycles. The molecule has 0 aliphatic carbocycles. The second-order valence-corrected chi connectivity index (χ2v) is 7.77. The third kappa shape index (κ3) is 4.88. The van der Waals surface area contributed by atoms with E-state index in [2.05, 4.69) is 0 Å². The van der Waals surface area contributed by atoms with Crippen molar-refractivity contribution in [3.05, 3.63) is 47.5 Å². The minimum absolute atomic E-state index is 0.154. The Morgan fingerprint density at radius 1 is 1.32 bits per heavy atom. The predicted molar refractivity (Wildman–Crippen MR) is 98.0 cm³/mol. The molecule has 4 nitrogen and oxygen atoms in total. The van der Waals surface area contributed by atoms with Crippen LogP contribution in [0.15, 0.2) is 42.0 Å². The number of hydrogen-bond donors (Lipinski definition) is 0. The van der Waals surface area contributed by atoms with Crippen LogP contribution >= 0.6 is 11.8 Å². The lowest BCUT2D eigenvalue weighted by molar-refractivity contribution is -0.156. The molecule has 2 aliphatic heterocycles. The summed E-state index contributed by atoms with van der Waals surface area (Å²) in [5.74, 6) is 1.42. The van der Waals surface area contributed by atoms with Gasteiger partial charge in [0.1, 0.15) is 6.61 Å². The van der Waals surface area contributed by atoms with Crippen LogP contribution < -0.4 is 0 Å². The molecule has 2 aliphatic rings.